The molecule has 0 aliphatic rings. The van der Waals surface area contributed by atoms with Gasteiger partial charge in [-0.3, -0.25) is 9.10 Å². The third kappa shape index (κ3) is 5.43. The second-order valence-corrected chi connectivity index (χ2v) is 8.38. The maximum absolute atomic E-state index is 13.3. The van der Waals surface area contributed by atoms with E-state index < -0.39 is 34.1 Å². The number of amides is 1. The Morgan fingerprint density at radius 2 is 1.45 bits per heavy atom. The summed E-state index contributed by atoms with van der Waals surface area (Å²) >= 11 is 0. The summed E-state index contributed by atoms with van der Waals surface area (Å²) in [4.78, 5) is 12.4. The van der Waals surface area contributed by atoms with Gasteiger partial charge < -0.3 is 5.32 Å². The molecule has 31 heavy (non-hydrogen) atoms. The van der Waals surface area contributed by atoms with Crippen molar-refractivity contribution in [2.45, 2.75) is 11.3 Å². The summed E-state index contributed by atoms with van der Waals surface area (Å²) in [5.41, 5.74) is 1.27. The summed E-state index contributed by atoms with van der Waals surface area (Å²) in [5.74, 6) is -1.81. The Labute approximate surface area is 178 Å². The summed E-state index contributed by atoms with van der Waals surface area (Å²) in [6.45, 7) is -0.592. The first-order valence-corrected chi connectivity index (χ1v) is 10.5. The normalized spacial score (nSPS) is 10.9. The molecule has 0 atom stereocenters. The van der Waals surface area contributed by atoms with Gasteiger partial charge in [-0.05, 0) is 66.2 Å². The van der Waals surface area contributed by atoms with E-state index in [1.165, 1.54) is 12.1 Å². The maximum atomic E-state index is 13.3. The molecule has 0 aromatic heterocycles. The topological polar surface area (TPSA) is 90.3 Å². The van der Waals surface area contributed by atoms with Crippen LogP contribution in [0.25, 0.3) is 0 Å². The van der Waals surface area contributed by atoms with Gasteiger partial charge in [0.05, 0.1) is 23.1 Å². The summed E-state index contributed by atoms with van der Waals surface area (Å²) in [6, 6.07) is 17.4. The van der Waals surface area contributed by atoms with E-state index in [0.29, 0.717) is 5.69 Å². The molecule has 0 radical (unpaired) electrons. The highest BCUT2D eigenvalue weighted by Gasteiger charge is 2.27. The van der Waals surface area contributed by atoms with E-state index in [-0.39, 0.29) is 17.0 Å². The molecular weight excluding hydrogens is 424 g/mol. The molecule has 0 bridgehead atoms. The number of nitrogens with zero attached hydrogens (tertiary/aromatic N) is 2. The van der Waals surface area contributed by atoms with E-state index in [1.54, 1.807) is 24.3 Å². The van der Waals surface area contributed by atoms with Crippen LogP contribution in [0.1, 0.15) is 5.56 Å². The molecular formula is C22H17F2N3O3S. The third-order valence-corrected chi connectivity index (χ3v) is 6.11. The third-order valence-electron chi connectivity index (χ3n) is 4.32. The van der Waals surface area contributed by atoms with Crippen molar-refractivity contribution in [3.05, 3.63) is 90.0 Å². The molecule has 158 valence electrons. The number of carbonyl (C=O) groups is 1. The maximum Gasteiger partial charge on any atom is 0.264 e. The predicted octanol–water partition coefficient (Wildman–Crippen LogP) is 3.86. The second kappa shape index (κ2) is 9.36. The van der Waals surface area contributed by atoms with Crippen molar-refractivity contribution in [2.75, 3.05) is 16.2 Å². The zero-order valence-corrected chi connectivity index (χ0v) is 16.9. The van der Waals surface area contributed by atoms with E-state index >= 15 is 0 Å². The van der Waals surface area contributed by atoms with Crippen LogP contribution < -0.4 is 9.62 Å². The molecule has 3 aromatic carbocycles. The minimum Gasteiger partial charge on any atom is -0.325 e. The van der Waals surface area contributed by atoms with Crippen LogP contribution in [0.2, 0.25) is 0 Å². The smallest absolute Gasteiger partial charge is 0.264 e. The fourth-order valence-corrected chi connectivity index (χ4v) is 4.21. The molecule has 0 saturated carbocycles. The predicted molar refractivity (Wildman–Crippen MR) is 112 cm³/mol. The van der Waals surface area contributed by atoms with Crippen molar-refractivity contribution >= 4 is 27.3 Å². The molecule has 0 fully saturated rings. The van der Waals surface area contributed by atoms with Crippen molar-refractivity contribution < 1.29 is 22.0 Å². The zero-order chi connectivity index (χ0) is 22.4. The summed E-state index contributed by atoms with van der Waals surface area (Å²) < 4.78 is 53.7. The number of rotatable bonds is 7. The fourth-order valence-electron chi connectivity index (χ4n) is 2.78. The molecule has 1 N–H and O–H groups in total. The van der Waals surface area contributed by atoms with Crippen LogP contribution in [0.15, 0.2) is 77.7 Å². The molecule has 0 heterocycles. The van der Waals surface area contributed by atoms with Crippen LogP contribution in [0.4, 0.5) is 20.2 Å². The quantitative estimate of drug-likeness (QED) is 0.603. The van der Waals surface area contributed by atoms with E-state index in [0.717, 1.165) is 46.3 Å². The minimum absolute atomic E-state index is 0.0743. The highest BCUT2D eigenvalue weighted by atomic mass is 32.2. The first-order chi connectivity index (χ1) is 14.8. The molecule has 0 unspecified atom stereocenters. The number of anilines is 2. The van der Waals surface area contributed by atoms with Gasteiger partial charge in [0.1, 0.15) is 18.2 Å². The van der Waals surface area contributed by atoms with E-state index in [1.807, 2.05) is 6.07 Å². The number of benzene rings is 3. The number of nitriles is 1. The molecule has 3 rings (SSSR count). The Balaban J connectivity index is 1.87. The largest absolute Gasteiger partial charge is 0.325 e. The van der Waals surface area contributed by atoms with Gasteiger partial charge in [-0.15, -0.1) is 0 Å². The van der Waals surface area contributed by atoms with Crippen molar-refractivity contribution in [1.82, 2.24) is 0 Å². The average Bonchev–Trinajstić information content (AvgIpc) is 2.75. The summed E-state index contributed by atoms with van der Waals surface area (Å²) in [7, 11) is -4.24. The van der Waals surface area contributed by atoms with E-state index in [4.69, 9.17) is 5.26 Å². The van der Waals surface area contributed by atoms with Crippen LogP contribution in [-0.4, -0.2) is 20.9 Å². The van der Waals surface area contributed by atoms with Crippen molar-refractivity contribution in [1.29, 1.82) is 5.26 Å². The Morgan fingerprint density at radius 3 is 2.00 bits per heavy atom. The van der Waals surface area contributed by atoms with Crippen molar-refractivity contribution in [2.24, 2.45) is 0 Å². The molecule has 6 nitrogen and oxygen atoms in total. The van der Waals surface area contributed by atoms with Gasteiger partial charge in [0.15, 0.2) is 0 Å². The lowest BCUT2D eigenvalue weighted by atomic mass is 10.1. The number of carbonyl (C=O) groups excluding carboxylic acids is 1. The lowest BCUT2D eigenvalue weighted by molar-refractivity contribution is -0.114. The van der Waals surface area contributed by atoms with Gasteiger partial charge >= 0.3 is 0 Å². The monoisotopic (exact) mass is 441 g/mol. The fraction of sp³-hybridized carbons (Fsp3) is 0.0909. The molecule has 0 aliphatic heterocycles. The lowest BCUT2D eigenvalue weighted by Gasteiger charge is -2.24. The van der Waals surface area contributed by atoms with Gasteiger partial charge in [0.25, 0.3) is 10.0 Å². The van der Waals surface area contributed by atoms with Crippen LogP contribution in [0.5, 0.6) is 0 Å². The first kappa shape index (κ1) is 21.9. The number of nitrogens with one attached hydrogen (secondary N) is 1. The Morgan fingerprint density at radius 1 is 0.903 bits per heavy atom. The minimum atomic E-state index is -4.24. The molecule has 1 amide bonds. The second-order valence-electron chi connectivity index (χ2n) is 6.52. The Bertz CT molecular complexity index is 1200. The van der Waals surface area contributed by atoms with Crippen LogP contribution in [0.3, 0.4) is 0 Å². The molecule has 0 spiro atoms. The van der Waals surface area contributed by atoms with Gasteiger partial charge in [-0.2, -0.15) is 5.26 Å². The van der Waals surface area contributed by atoms with Crippen LogP contribution >= 0.6 is 0 Å². The van der Waals surface area contributed by atoms with E-state index in [2.05, 4.69) is 5.32 Å². The molecule has 0 saturated heterocycles. The SMILES string of the molecule is N#CCc1ccc(NC(=O)CN(c2ccc(F)cc2)S(=O)(=O)c2ccc(F)cc2)cc1. The van der Waals surface area contributed by atoms with Crippen molar-refractivity contribution in [3.8, 4) is 6.07 Å². The molecule has 0 aliphatic carbocycles. The van der Waals surface area contributed by atoms with Crippen LogP contribution in [-0.2, 0) is 21.2 Å². The standard InChI is InChI=1S/C22H17F2N3O3S/c23-17-3-9-20(10-4-17)27(31(29,30)21-11-5-18(24)6-12-21)15-22(28)26-19-7-1-16(2-8-19)13-14-25/h1-12H,13,15H2,(H,26,28). The van der Waals surface area contributed by atoms with Gasteiger partial charge in [-0.25, -0.2) is 17.2 Å². The highest BCUT2D eigenvalue weighted by molar-refractivity contribution is 7.92. The highest BCUT2D eigenvalue weighted by Crippen LogP contribution is 2.24. The molecule has 3 aromatic rings. The molecule has 9 heteroatoms. The number of hydrogen-bond acceptors (Lipinski definition) is 4. The lowest BCUT2D eigenvalue weighted by Crippen LogP contribution is -2.38. The van der Waals surface area contributed by atoms with Gasteiger partial charge in [0.2, 0.25) is 5.91 Å². The van der Waals surface area contributed by atoms with Crippen LogP contribution in [0, 0.1) is 23.0 Å². The number of halogens is 2. The summed E-state index contributed by atoms with van der Waals surface area (Å²) in [5, 5.41) is 11.3. The van der Waals surface area contributed by atoms with Crippen molar-refractivity contribution in [3.63, 3.8) is 0 Å². The first-order valence-electron chi connectivity index (χ1n) is 9.09. The number of hydrogen-bond donors (Lipinski definition) is 1. The van der Waals surface area contributed by atoms with Gasteiger partial charge in [0, 0.05) is 5.69 Å². The van der Waals surface area contributed by atoms with E-state index in [9.17, 15) is 22.0 Å². The summed E-state index contributed by atoms with van der Waals surface area (Å²) in [6.07, 6.45) is 0.225. The number of sulfonamides is 1. The Kier molecular flexibility index (Phi) is 6.62. The zero-order valence-electron chi connectivity index (χ0n) is 16.1. The average molecular weight is 441 g/mol. The van der Waals surface area contributed by atoms with Gasteiger partial charge in [-0.1, -0.05) is 12.1 Å². The Hall–Kier alpha value is -3.77.